The zero-order valence-electron chi connectivity index (χ0n) is 22.3. The van der Waals surface area contributed by atoms with Gasteiger partial charge in [0.25, 0.3) is 0 Å². The molecule has 2 aromatic carbocycles. The Labute approximate surface area is 221 Å². The highest BCUT2D eigenvalue weighted by Gasteiger charge is 2.24. The first kappa shape index (κ1) is 28.3. The topological polar surface area (TPSA) is 105 Å². The van der Waals surface area contributed by atoms with E-state index in [1.54, 1.807) is 36.4 Å². The van der Waals surface area contributed by atoms with Crippen LogP contribution >= 0.6 is 0 Å². The molecule has 1 aliphatic carbocycles. The summed E-state index contributed by atoms with van der Waals surface area (Å²) in [4.78, 5) is 24.8. The Morgan fingerprint density at radius 2 is 1.65 bits per heavy atom. The van der Waals surface area contributed by atoms with Crippen molar-refractivity contribution in [1.82, 2.24) is 0 Å². The van der Waals surface area contributed by atoms with Gasteiger partial charge in [-0.05, 0) is 79.1 Å². The minimum absolute atomic E-state index is 0.0138. The largest absolute Gasteiger partial charge is 0.462 e. The SMILES string of the molecule is CCCCCCC1CCC(OC(=O)c2ccc(C=CC(=O)OCC(C)c3cc(N)cc(N)c3)cc2)CC1. The van der Waals surface area contributed by atoms with Crippen molar-refractivity contribution >= 4 is 29.4 Å². The third kappa shape index (κ3) is 9.60. The molecular weight excluding hydrogens is 464 g/mol. The average molecular weight is 507 g/mol. The number of hydrogen-bond donors (Lipinski definition) is 2. The highest BCUT2D eigenvalue weighted by Crippen LogP contribution is 2.30. The number of carbonyl (C=O) groups is 2. The van der Waals surface area contributed by atoms with Gasteiger partial charge in [0.2, 0.25) is 0 Å². The normalized spacial score (nSPS) is 18.4. The molecule has 1 unspecified atom stereocenters. The first-order valence-electron chi connectivity index (χ1n) is 13.7. The van der Waals surface area contributed by atoms with Crippen molar-refractivity contribution in [1.29, 1.82) is 0 Å². The Hall–Kier alpha value is -3.28. The van der Waals surface area contributed by atoms with Crippen molar-refractivity contribution < 1.29 is 19.1 Å². The van der Waals surface area contributed by atoms with Crippen LogP contribution in [0.4, 0.5) is 11.4 Å². The fourth-order valence-electron chi connectivity index (χ4n) is 4.85. The minimum Gasteiger partial charge on any atom is -0.462 e. The van der Waals surface area contributed by atoms with Crippen molar-refractivity contribution in [2.45, 2.75) is 83.7 Å². The molecule has 0 aromatic heterocycles. The van der Waals surface area contributed by atoms with Crippen LogP contribution in [0.2, 0.25) is 0 Å². The summed E-state index contributed by atoms with van der Waals surface area (Å²) in [7, 11) is 0. The Morgan fingerprint density at radius 1 is 0.973 bits per heavy atom. The first-order chi connectivity index (χ1) is 17.8. The number of nitrogens with two attached hydrogens (primary N) is 2. The second-order valence-corrected chi connectivity index (χ2v) is 10.3. The van der Waals surface area contributed by atoms with E-state index in [0.717, 1.165) is 42.7 Å². The Balaban J connectivity index is 1.39. The summed E-state index contributed by atoms with van der Waals surface area (Å²) < 4.78 is 11.1. The molecule has 6 nitrogen and oxygen atoms in total. The van der Waals surface area contributed by atoms with Gasteiger partial charge < -0.3 is 20.9 Å². The lowest BCUT2D eigenvalue weighted by Gasteiger charge is -2.28. The second-order valence-electron chi connectivity index (χ2n) is 10.3. The van der Waals surface area contributed by atoms with Crippen LogP contribution in [0.15, 0.2) is 48.5 Å². The maximum atomic E-state index is 12.6. The van der Waals surface area contributed by atoms with E-state index in [0.29, 0.717) is 16.9 Å². The third-order valence-electron chi connectivity index (χ3n) is 7.14. The maximum Gasteiger partial charge on any atom is 0.338 e. The van der Waals surface area contributed by atoms with Crippen molar-refractivity contribution in [3.63, 3.8) is 0 Å². The summed E-state index contributed by atoms with van der Waals surface area (Å²) in [6.07, 6.45) is 13.8. The zero-order valence-corrected chi connectivity index (χ0v) is 22.3. The first-order valence-corrected chi connectivity index (χ1v) is 13.7. The molecule has 3 rings (SSSR count). The second kappa shape index (κ2) is 14.5. The average Bonchev–Trinajstić information content (AvgIpc) is 2.89. The number of ether oxygens (including phenoxy) is 2. The fourth-order valence-corrected chi connectivity index (χ4v) is 4.85. The summed E-state index contributed by atoms with van der Waals surface area (Å²) in [5.41, 5.74) is 15.1. The number of anilines is 2. The molecule has 0 radical (unpaired) electrons. The van der Waals surface area contributed by atoms with Crippen LogP contribution in [-0.2, 0) is 14.3 Å². The number of hydrogen-bond acceptors (Lipinski definition) is 6. The van der Waals surface area contributed by atoms with Crippen LogP contribution in [0.1, 0.15) is 99.0 Å². The molecule has 1 atom stereocenters. The fraction of sp³-hybridized carbons (Fsp3) is 0.484. The summed E-state index contributed by atoms with van der Waals surface area (Å²) in [5.74, 6) is 0.0312. The predicted molar refractivity (Wildman–Crippen MR) is 150 cm³/mol. The quantitative estimate of drug-likeness (QED) is 0.140. The third-order valence-corrected chi connectivity index (χ3v) is 7.14. The smallest absolute Gasteiger partial charge is 0.338 e. The summed E-state index contributed by atoms with van der Waals surface area (Å²) in [5, 5.41) is 0. The number of nitrogen functional groups attached to an aromatic ring is 2. The van der Waals surface area contributed by atoms with Crippen LogP contribution in [0.25, 0.3) is 6.08 Å². The molecule has 200 valence electrons. The number of esters is 2. The molecule has 1 aliphatic rings. The van der Waals surface area contributed by atoms with Gasteiger partial charge in [-0.3, -0.25) is 0 Å². The number of rotatable bonds is 12. The Bertz CT molecular complexity index is 1020. The van der Waals surface area contributed by atoms with Crippen molar-refractivity contribution in [2.24, 2.45) is 5.92 Å². The van der Waals surface area contributed by atoms with E-state index in [1.807, 2.05) is 19.1 Å². The van der Waals surface area contributed by atoms with Crippen LogP contribution < -0.4 is 11.5 Å². The number of carbonyl (C=O) groups excluding carboxylic acids is 2. The molecule has 1 fully saturated rings. The summed E-state index contributed by atoms with van der Waals surface area (Å²) >= 11 is 0. The van der Waals surface area contributed by atoms with Gasteiger partial charge in [0.05, 0.1) is 12.2 Å². The van der Waals surface area contributed by atoms with E-state index in [4.69, 9.17) is 20.9 Å². The lowest BCUT2D eigenvalue weighted by molar-refractivity contribution is -0.138. The molecule has 37 heavy (non-hydrogen) atoms. The molecule has 0 amide bonds. The number of unbranched alkanes of at least 4 members (excludes halogenated alkanes) is 3. The molecule has 0 spiro atoms. The lowest BCUT2D eigenvalue weighted by atomic mass is 9.84. The van der Waals surface area contributed by atoms with E-state index in [1.165, 1.54) is 38.2 Å². The molecule has 4 N–H and O–H groups in total. The van der Waals surface area contributed by atoms with E-state index >= 15 is 0 Å². The van der Waals surface area contributed by atoms with Crippen molar-refractivity contribution in [3.8, 4) is 0 Å². The van der Waals surface area contributed by atoms with Gasteiger partial charge in [-0.25, -0.2) is 9.59 Å². The van der Waals surface area contributed by atoms with Gasteiger partial charge in [-0.1, -0.05) is 58.1 Å². The van der Waals surface area contributed by atoms with E-state index in [2.05, 4.69) is 6.92 Å². The lowest BCUT2D eigenvalue weighted by Crippen LogP contribution is -2.24. The van der Waals surface area contributed by atoms with Gasteiger partial charge in [0, 0.05) is 23.4 Å². The summed E-state index contributed by atoms with van der Waals surface area (Å²) in [6, 6.07) is 12.4. The van der Waals surface area contributed by atoms with E-state index in [-0.39, 0.29) is 24.6 Å². The van der Waals surface area contributed by atoms with Gasteiger partial charge in [-0.2, -0.15) is 0 Å². The van der Waals surface area contributed by atoms with Crippen molar-refractivity contribution in [2.75, 3.05) is 18.1 Å². The van der Waals surface area contributed by atoms with Crippen LogP contribution in [-0.4, -0.2) is 24.6 Å². The maximum absolute atomic E-state index is 12.6. The van der Waals surface area contributed by atoms with Gasteiger partial charge in [-0.15, -0.1) is 0 Å². The standard InChI is InChI=1S/C31H42N2O4/c1-3-4-5-6-7-23-10-15-29(16-11-23)37-31(35)25-13-8-24(9-14-25)12-17-30(34)36-21-22(2)26-18-27(32)20-28(33)19-26/h8-9,12-14,17-20,22-23,29H,3-7,10-11,15-16,21,32-33H2,1-2H3. The van der Waals surface area contributed by atoms with Crippen LogP contribution in [0.5, 0.6) is 0 Å². The molecule has 0 bridgehead atoms. The summed E-state index contributed by atoms with van der Waals surface area (Å²) in [6.45, 7) is 4.41. The van der Waals surface area contributed by atoms with E-state index in [9.17, 15) is 9.59 Å². The van der Waals surface area contributed by atoms with Crippen LogP contribution in [0.3, 0.4) is 0 Å². The van der Waals surface area contributed by atoms with E-state index < -0.39 is 5.97 Å². The monoisotopic (exact) mass is 506 g/mol. The van der Waals surface area contributed by atoms with Gasteiger partial charge in [0.1, 0.15) is 6.10 Å². The Kier molecular flexibility index (Phi) is 11.1. The van der Waals surface area contributed by atoms with Crippen LogP contribution in [0, 0.1) is 5.92 Å². The van der Waals surface area contributed by atoms with Crippen molar-refractivity contribution in [3.05, 3.63) is 65.2 Å². The highest BCUT2D eigenvalue weighted by atomic mass is 16.5. The predicted octanol–water partition coefficient (Wildman–Crippen LogP) is 6.90. The Morgan fingerprint density at radius 3 is 2.30 bits per heavy atom. The van der Waals surface area contributed by atoms with Gasteiger partial charge in [0.15, 0.2) is 0 Å². The molecular formula is C31H42N2O4. The molecule has 6 heteroatoms. The molecule has 0 saturated heterocycles. The highest BCUT2D eigenvalue weighted by molar-refractivity contribution is 5.90. The molecule has 2 aromatic rings. The zero-order chi connectivity index (χ0) is 26.6. The minimum atomic E-state index is -0.437. The molecule has 0 heterocycles. The number of benzene rings is 2. The molecule has 0 aliphatic heterocycles. The van der Waals surface area contributed by atoms with Gasteiger partial charge >= 0.3 is 11.9 Å². The molecule has 1 saturated carbocycles.